The Morgan fingerprint density at radius 1 is 1.23 bits per heavy atom. The first-order valence-electron chi connectivity index (χ1n) is 10.6. The van der Waals surface area contributed by atoms with Crippen LogP contribution in [-0.4, -0.2) is 37.6 Å². The van der Waals surface area contributed by atoms with Crippen molar-refractivity contribution < 1.29 is 14.3 Å². The Morgan fingerprint density at radius 2 is 1.83 bits per heavy atom. The highest BCUT2D eigenvalue weighted by Crippen LogP contribution is 2.34. The molecule has 1 aromatic rings. The predicted octanol–water partition coefficient (Wildman–Crippen LogP) is 5.29. The molecule has 0 atom stereocenters. The van der Waals surface area contributed by atoms with Gasteiger partial charge in [-0.3, -0.25) is 4.79 Å². The minimum atomic E-state index is -0.377. The van der Waals surface area contributed by atoms with Gasteiger partial charge in [-0.2, -0.15) is 0 Å². The summed E-state index contributed by atoms with van der Waals surface area (Å²) in [6, 6.07) is 4.08. The number of esters is 1. The van der Waals surface area contributed by atoms with Crippen LogP contribution in [0.15, 0.2) is 24.3 Å². The Labute approximate surface area is 185 Å². The smallest absolute Gasteiger partial charge is 0.338 e. The molecule has 1 N–H and O–H groups in total. The summed E-state index contributed by atoms with van der Waals surface area (Å²) in [5, 5.41) is 3.68. The zero-order chi connectivity index (χ0) is 22.6. The summed E-state index contributed by atoms with van der Waals surface area (Å²) in [6.45, 7) is 14.8. The number of carbonyl (C=O) groups is 2. The highest BCUT2D eigenvalue weighted by atomic mass is 35.5. The van der Waals surface area contributed by atoms with Gasteiger partial charge in [0.25, 0.3) is 0 Å². The predicted molar refractivity (Wildman–Crippen MR) is 123 cm³/mol. The SMILES string of the molecule is C=C(C(=O)NC1CCC(N(CC)c2cc(Cl)cc(C(=O)OC)c2C)CC1)C(C)(C)C. The van der Waals surface area contributed by atoms with Crippen molar-refractivity contribution in [3.63, 3.8) is 0 Å². The van der Waals surface area contributed by atoms with Crippen LogP contribution in [0.3, 0.4) is 0 Å². The molecule has 1 fully saturated rings. The quantitative estimate of drug-likeness (QED) is 0.488. The Bertz CT molecular complexity index is 805. The number of carbonyl (C=O) groups excluding carboxylic acids is 2. The average Bonchev–Trinajstić information content (AvgIpc) is 2.70. The first kappa shape index (κ1) is 24.3. The fourth-order valence-corrected chi connectivity index (χ4v) is 4.27. The van der Waals surface area contributed by atoms with Gasteiger partial charge in [0.15, 0.2) is 0 Å². The molecule has 0 bridgehead atoms. The van der Waals surface area contributed by atoms with E-state index >= 15 is 0 Å². The molecule has 0 unspecified atom stereocenters. The molecule has 166 valence electrons. The molecule has 0 aromatic heterocycles. The van der Waals surface area contributed by atoms with Crippen molar-refractivity contribution in [2.75, 3.05) is 18.6 Å². The second-order valence-corrected chi connectivity index (χ2v) is 9.52. The largest absolute Gasteiger partial charge is 0.465 e. The summed E-state index contributed by atoms with van der Waals surface area (Å²) < 4.78 is 4.92. The van der Waals surface area contributed by atoms with Crippen LogP contribution in [0.5, 0.6) is 0 Å². The maximum atomic E-state index is 12.5. The van der Waals surface area contributed by atoms with Gasteiger partial charge < -0.3 is 15.0 Å². The molecular formula is C24H35ClN2O3. The normalized spacial score (nSPS) is 19.2. The Morgan fingerprint density at radius 3 is 2.33 bits per heavy atom. The lowest BCUT2D eigenvalue weighted by Gasteiger charge is -2.39. The first-order valence-corrected chi connectivity index (χ1v) is 11.0. The van der Waals surface area contributed by atoms with E-state index in [1.165, 1.54) is 7.11 Å². The van der Waals surface area contributed by atoms with Crippen LogP contribution in [0.1, 0.15) is 69.3 Å². The van der Waals surface area contributed by atoms with Crippen LogP contribution in [0, 0.1) is 12.3 Å². The maximum absolute atomic E-state index is 12.5. The van der Waals surface area contributed by atoms with E-state index in [-0.39, 0.29) is 23.3 Å². The van der Waals surface area contributed by atoms with Crippen molar-refractivity contribution >= 4 is 29.2 Å². The third-order valence-electron chi connectivity index (χ3n) is 6.05. The highest BCUT2D eigenvalue weighted by molar-refractivity contribution is 6.31. The molecule has 5 nitrogen and oxygen atoms in total. The van der Waals surface area contributed by atoms with E-state index in [9.17, 15) is 9.59 Å². The molecule has 0 aliphatic heterocycles. The molecule has 1 aromatic carbocycles. The van der Waals surface area contributed by atoms with Gasteiger partial charge in [-0.25, -0.2) is 4.79 Å². The third kappa shape index (κ3) is 5.57. The second-order valence-electron chi connectivity index (χ2n) is 9.08. The van der Waals surface area contributed by atoms with Crippen molar-refractivity contribution in [1.29, 1.82) is 0 Å². The van der Waals surface area contributed by atoms with E-state index in [4.69, 9.17) is 16.3 Å². The van der Waals surface area contributed by atoms with Gasteiger partial charge >= 0.3 is 5.97 Å². The van der Waals surface area contributed by atoms with Gasteiger partial charge in [0, 0.05) is 34.9 Å². The number of hydrogen-bond acceptors (Lipinski definition) is 4. The average molecular weight is 435 g/mol. The van der Waals surface area contributed by atoms with Gasteiger partial charge in [-0.1, -0.05) is 39.0 Å². The van der Waals surface area contributed by atoms with Crippen LogP contribution < -0.4 is 10.2 Å². The topological polar surface area (TPSA) is 58.6 Å². The van der Waals surface area contributed by atoms with Crippen molar-refractivity contribution in [3.05, 3.63) is 40.4 Å². The summed E-state index contributed by atoms with van der Waals surface area (Å²) in [5.74, 6) is -0.426. The summed E-state index contributed by atoms with van der Waals surface area (Å²) in [6.07, 6.45) is 3.74. The van der Waals surface area contributed by atoms with Crippen LogP contribution >= 0.6 is 11.6 Å². The van der Waals surface area contributed by atoms with Gasteiger partial charge in [-0.15, -0.1) is 0 Å². The molecule has 1 amide bonds. The van der Waals surface area contributed by atoms with Gasteiger partial charge in [-0.05, 0) is 62.6 Å². The second kappa shape index (κ2) is 9.86. The fourth-order valence-electron chi connectivity index (χ4n) is 4.06. The molecule has 0 radical (unpaired) electrons. The number of hydrogen-bond donors (Lipinski definition) is 1. The van der Waals surface area contributed by atoms with Crippen molar-refractivity contribution in [2.24, 2.45) is 5.41 Å². The van der Waals surface area contributed by atoms with Crippen molar-refractivity contribution in [3.8, 4) is 0 Å². The van der Waals surface area contributed by atoms with Crippen LogP contribution in [-0.2, 0) is 9.53 Å². The third-order valence-corrected chi connectivity index (χ3v) is 6.27. The van der Waals surface area contributed by atoms with Crippen LogP contribution in [0.25, 0.3) is 0 Å². The van der Waals surface area contributed by atoms with E-state index in [1.807, 2.05) is 33.8 Å². The summed E-state index contributed by atoms with van der Waals surface area (Å²) in [5.41, 5.74) is 2.73. The minimum absolute atomic E-state index is 0.0493. The van der Waals surface area contributed by atoms with Crippen molar-refractivity contribution in [2.45, 2.75) is 72.4 Å². The minimum Gasteiger partial charge on any atom is -0.465 e. The number of amides is 1. The Balaban J connectivity index is 2.11. The van der Waals surface area contributed by atoms with Crippen LogP contribution in [0.2, 0.25) is 5.02 Å². The molecule has 1 aliphatic carbocycles. The monoisotopic (exact) mass is 434 g/mol. The molecular weight excluding hydrogens is 400 g/mol. The standard InChI is InChI=1S/C24H35ClN2O3/c1-8-27(21-14-17(25)13-20(15(21)2)23(29)30-7)19-11-9-18(10-12-19)26-22(28)16(3)24(4,5)6/h13-14,18-19H,3,8-12H2,1-2,4-7H3,(H,26,28). The number of nitrogens with one attached hydrogen (secondary N) is 1. The zero-order valence-corrected chi connectivity index (χ0v) is 19.9. The zero-order valence-electron chi connectivity index (χ0n) is 19.1. The number of benzene rings is 1. The van der Waals surface area contributed by atoms with E-state index < -0.39 is 0 Å². The number of anilines is 1. The summed E-state index contributed by atoms with van der Waals surface area (Å²) in [7, 11) is 1.38. The fraction of sp³-hybridized carbons (Fsp3) is 0.583. The van der Waals surface area contributed by atoms with E-state index in [0.717, 1.165) is 43.5 Å². The molecule has 0 spiro atoms. The lowest BCUT2D eigenvalue weighted by molar-refractivity contribution is -0.119. The lowest BCUT2D eigenvalue weighted by Crippen LogP contribution is -2.45. The molecule has 1 aliphatic rings. The molecule has 6 heteroatoms. The van der Waals surface area contributed by atoms with Gasteiger partial charge in [0.2, 0.25) is 5.91 Å². The first-order chi connectivity index (χ1) is 14.0. The summed E-state index contributed by atoms with van der Waals surface area (Å²) in [4.78, 5) is 27.0. The maximum Gasteiger partial charge on any atom is 0.338 e. The van der Waals surface area contributed by atoms with E-state index in [1.54, 1.807) is 6.07 Å². The molecule has 1 saturated carbocycles. The molecule has 30 heavy (non-hydrogen) atoms. The highest BCUT2D eigenvalue weighted by Gasteiger charge is 2.30. The van der Waals surface area contributed by atoms with Crippen molar-refractivity contribution in [1.82, 2.24) is 5.32 Å². The number of halogens is 1. The number of rotatable bonds is 6. The van der Waals surface area contributed by atoms with E-state index in [2.05, 4.69) is 23.7 Å². The number of nitrogens with zero attached hydrogens (tertiary/aromatic N) is 1. The summed E-state index contributed by atoms with van der Waals surface area (Å²) >= 11 is 6.32. The molecule has 0 saturated heterocycles. The van der Waals surface area contributed by atoms with E-state index in [0.29, 0.717) is 22.2 Å². The molecule has 2 rings (SSSR count). The Hall–Kier alpha value is -2.01. The Kier molecular flexibility index (Phi) is 7.98. The number of methoxy groups -OCH3 is 1. The van der Waals surface area contributed by atoms with Gasteiger partial charge in [0.1, 0.15) is 0 Å². The van der Waals surface area contributed by atoms with Gasteiger partial charge in [0.05, 0.1) is 12.7 Å². The lowest BCUT2D eigenvalue weighted by atomic mass is 9.85. The molecule has 0 heterocycles. The number of ether oxygens (including phenoxy) is 1. The van der Waals surface area contributed by atoms with Crippen LogP contribution in [0.4, 0.5) is 5.69 Å².